The summed E-state index contributed by atoms with van der Waals surface area (Å²) < 4.78 is 9.96. The van der Waals surface area contributed by atoms with Crippen molar-refractivity contribution in [2.24, 2.45) is 0 Å². The number of hydrogen-bond acceptors (Lipinski definition) is 2. The SMILES string of the molecule is Cc1cn2cccc(OCc3c(Br)cccc3Br)c2n1. The van der Waals surface area contributed by atoms with Gasteiger partial charge < -0.3 is 9.14 Å². The average Bonchev–Trinajstić information content (AvgIpc) is 2.79. The number of rotatable bonds is 3. The third-order valence-electron chi connectivity index (χ3n) is 3.00. The van der Waals surface area contributed by atoms with Gasteiger partial charge in [-0.25, -0.2) is 4.98 Å². The predicted molar refractivity (Wildman–Crippen MR) is 86.1 cm³/mol. The first-order chi connectivity index (χ1) is 9.65. The van der Waals surface area contributed by atoms with Crippen LogP contribution in [0.4, 0.5) is 0 Å². The highest BCUT2D eigenvalue weighted by Gasteiger charge is 2.09. The molecule has 0 fully saturated rings. The summed E-state index contributed by atoms with van der Waals surface area (Å²) in [5.74, 6) is 0.781. The number of imidazole rings is 1. The third kappa shape index (κ3) is 2.60. The number of fused-ring (bicyclic) bond motifs is 1. The van der Waals surface area contributed by atoms with E-state index in [0.29, 0.717) is 6.61 Å². The van der Waals surface area contributed by atoms with Gasteiger partial charge in [0.2, 0.25) is 0 Å². The van der Waals surface area contributed by atoms with Crippen LogP contribution in [-0.2, 0) is 6.61 Å². The van der Waals surface area contributed by atoms with E-state index >= 15 is 0 Å². The molecule has 0 bridgehead atoms. The zero-order valence-electron chi connectivity index (χ0n) is 10.8. The van der Waals surface area contributed by atoms with E-state index in [1.807, 2.05) is 54.0 Å². The maximum atomic E-state index is 5.94. The number of aryl methyl sites for hydroxylation is 1. The molecular weight excluding hydrogens is 384 g/mol. The lowest BCUT2D eigenvalue weighted by molar-refractivity contribution is 0.306. The standard InChI is InChI=1S/C15H12Br2N2O/c1-10-8-19-7-3-6-14(15(19)18-10)20-9-11-12(16)4-2-5-13(11)17/h2-8H,9H2,1H3. The molecule has 0 spiro atoms. The van der Waals surface area contributed by atoms with Crippen molar-refractivity contribution < 1.29 is 4.74 Å². The Morgan fingerprint density at radius 1 is 1.15 bits per heavy atom. The zero-order valence-corrected chi connectivity index (χ0v) is 14.0. The van der Waals surface area contributed by atoms with E-state index in [2.05, 4.69) is 36.8 Å². The molecule has 0 saturated carbocycles. The van der Waals surface area contributed by atoms with Crippen LogP contribution >= 0.6 is 31.9 Å². The normalized spacial score (nSPS) is 10.9. The van der Waals surface area contributed by atoms with Crippen LogP contribution in [0, 0.1) is 6.92 Å². The minimum absolute atomic E-state index is 0.480. The first kappa shape index (κ1) is 13.6. The molecule has 2 aromatic heterocycles. The van der Waals surface area contributed by atoms with Gasteiger partial charge in [-0.3, -0.25) is 0 Å². The Labute approximate surface area is 133 Å². The lowest BCUT2D eigenvalue weighted by Crippen LogP contribution is -1.99. The second-order valence-corrected chi connectivity index (χ2v) is 6.18. The number of ether oxygens (including phenoxy) is 1. The van der Waals surface area contributed by atoms with Gasteiger partial charge in [-0.05, 0) is 31.2 Å². The Kier molecular flexibility index (Phi) is 3.81. The molecule has 3 aromatic rings. The summed E-state index contributed by atoms with van der Waals surface area (Å²) in [6, 6.07) is 9.88. The molecule has 0 unspecified atom stereocenters. The molecule has 20 heavy (non-hydrogen) atoms. The zero-order chi connectivity index (χ0) is 14.1. The Balaban J connectivity index is 1.91. The summed E-state index contributed by atoms with van der Waals surface area (Å²) in [4.78, 5) is 4.48. The number of aromatic nitrogens is 2. The maximum absolute atomic E-state index is 5.94. The largest absolute Gasteiger partial charge is 0.485 e. The van der Waals surface area contributed by atoms with Crippen LogP contribution in [0.3, 0.4) is 0 Å². The molecule has 0 N–H and O–H groups in total. The van der Waals surface area contributed by atoms with Crippen molar-refractivity contribution in [3.8, 4) is 5.75 Å². The van der Waals surface area contributed by atoms with Gasteiger partial charge in [0.15, 0.2) is 11.4 Å². The van der Waals surface area contributed by atoms with Gasteiger partial charge in [-0.1, -0.05) is 37.9 Å². The lowest BCUT2D eigenvalue weighted by Gasteiger charge is -2.10. The summed E-state index contributed by atoms with van der Waals surface area (Å²) in [6.07, 6.45) is 3.95. The number of hydrogen-bond donors (Lipinski definition) is 0. The molecule has 2 heterocycles. The van der Waals surface area contributed by atoms with Gasteiger partial charge in [0.1, 0.15) is 6.61 Å². The van der Waals surface area contributed by atoms with Crippen molar-refractivity contribution in [3.63, 3.8) is 0 Å². The van der Waals surface area contributed by atoms with E-state index < -0.39 is 0 Å². The summed E-state index contributed by atoms with van der Waals surface area (Å²) in [5, 5.41) is 0. The van der Waals surface area contributed by atoms with Crippen molar-refractivity contribution >= 4 is 37.5 Å². The highest BCUT2D eigenvalue weighted by molar-refractivity contribution is 9.11. The molecule has 0 saturated heterocycles. The molecule has 1 aromatic carbocycles. The summed E-state index contributed by atoms with van der Waals surface area (Å²) in [5.41, 5.74) is 2.90. The number of benzene rings is 1. The second-order valence-electron chi connectivity index (χ2n) is 4.47. The molecule has 3 rings (SSSR count). The van der Waals surface area contributed by atoms with E-state index in [1.165, 1.54) is 0 Å². The lowest BCUT2D eigenvalue weighted by atomic mass is 10.2. The molecular formula is C15H12Br2N2O. The van der Waals surface area contributed by atoms with Gasteiger partial charge in [-0.2, -0.15) is 0 Å². The molecule has 0 aliphatic heterocycles. The highest BCUT2D eigenvalue weighted by atomic mass is 79.9. The second kappa shape index (κ2) is 5.58. The number of pyridine rings is 1. The van der Waals surface area contributed by atoms with Crippen LogP contribution in [0.25, 0.3) is 5.65 Å². The monoisotopic (exact) mass is 394 g/mol. The van der Waals surface area contributed by atoms with Crippen LogP contribution in [0.5, 0.6) is 5.75 Å². The molecule has 5 heteroatoms. The molecule has 102 valence electrons. The van der Waals surface area contributed by atoms with E-state index in [1.54, 1.807) is 0 Å². The Morgan fingerprint density at radius 3 is 2.65 bits per heavy atom. The minimum atomic E-state index is 0.480. The van der Waals surface area contributed by atoms with E-state index in [0.717, 1.165) is 31.6 Å². The first-order valence-electron chi connectivity index (χ1n) is 6.15. The molecule has 0 atom stereocenters. The fourth-order valence-corrected chi connectivity index (χ4v) is 3.27. The topological polar surface area (TPSA) is 26.5 Å². The fourth-order valence-electron chi connectivity index (χ4n) is 2.04. The quantitative estimate of drug-likeness (QED) is 0.639. The number of nitrogens with zero attached hydrogens (tertiary/aromatic N) is 2. The van der Waals surface area contributed by atoms with Crippen molar-refractivity contribution in [1.82, 2.24) is 9.38 Å². The molecule has 3 nitrogen and oxygen atoms in total. The Hall–Kier alpha value is -1.33. The van der Waals surface area contributed by atoms with Gasteiger partial charge in [-0.15, -0.1) is 0 Å². The highest BCUT2D eigenvalue weighted by Crippen LogP contribution is 2.27. The summed E-state index contributed by atoms with van der Waals surface area (Å²) in [7, 11) is 0. The average molecular weight is 396 g/mol. The van der Waals surface area contributed by atoms with Crippen molar-refractivity contribution in [3.05, 3.63) is 62.9 Å². The summed E-state index contributed by atoms with van der Waals surface area (Å²) >= 11 is 7.09. The van der Waals surface area contributed by atoms with Crippen LogP contribution in [0.2, 0.25) is 0 Å². The fraction of sp³-hybridized carbons (Fsp3) is 0.133. The van der Waals surface area contributed by atoms with Crippen molar-refractivity contribution in [2.75, 3.05) is 0 Å². The van der Waals surface area contributed by atoms with Crippen molar-refractivity contribution in [1.29, 1.82) is 0 Å². The predicted octanol–water partition coefficient (Wildman–Crippen LogP) is 4.75. The van der Waals surface area contributed by atoms with Crippen LogP contribution in [0.15, 0.2) is 51.7 Å². The smallest absolute Gasteiger partial charge is 0.179 e. The van der Waals surface area contributed by atoms with E-state index in [9.17, 15) is 0 Å². The van der Waals surface area contributed by atoms with Gasteiger partial charge >= 0.3 is 0 Å². The Bertz CT molecular complexity index is 747. The minimum Gasteiger partial charge on any atom is -0.485 e. The summed E-state index contributed by atoms with van der Waals surface area (Å²) in [6.45, 7) is 2.45. The van der Waals surface area contributed by atoms with E-state index in [-0.39, 0.29) is 0 Å². The van der Waals surface area contributed by atoms with Crippen molar-refractivity contribution in [2.45, 2.75) is 13.5 Å². The molecule has 0 amide bonds. The van der Waals surface area contributed by atoms with Crippen LogP contribution in [0.1, 0.15) is 11.3 Å². The van der Waals surface area contributed by atoms with Gasteiger partial charge in [0.25, 0.3) is 0 Å². The van der Waals surface area contributed by atoms with E-state index in [4.69, 9.17) is 4.74 Å². The van der Waals surface area contributed by atoms with Crippen LogP contribution < -0.4 is 4.74 Å². The number of halogens is 2. The maximum Gasteiger partial charge on any atom is 0.179 e. The molecule has 0 radical (unpaired) electrons. The first-order valence-corrected chi connectivity index (χ1v) is 7.74. The van der Waals surface area contributed by atoms with Gasteiger partial charge in [0, 0.05) is 26.9 Å². The molecule has 0 aliphatic rings. The van der Waals surface area contributed by atoms with Gasteiger partial charge in [0.05, 0.1) is 5.69 Å². The third-order valence-corrected chi connectivity index (χ3v) is 4.49. The Morgan fingerprint density at radius 2 is 1.90 bits per heavy atom. The molecule has 0 aliphatic carbocycles. The van der Waals surface area contributed by atoms with Crippen LogP contribution in [-0.4, -0.2) is 9.38 Å².